The molecule has 1 amide bonds. The summed E-state index contributed by atoms with van der Waals surface area (Å²) in [6, 6.07) is 0.786. The minimum Gasteiger partial charge on any atom is -0.353 e. The molecule has 106 valence electrons. The molecule has 1 aromatic heterocycles. The van der Waals surface area contributed by atoms with Crippen LogP contribution in [-0.2, 0) is 4.79 Å². The van der Waals surface area contributed by atoms with Gasteiger partial charge in [-0.25, -0.2) is 0 Å². The summed E-state index contributed by atoms with van der Waals surface area (Å²) in [7, 11) is 0. The van der Waals surface area contributed by atoms with Crippen LogP contribution in [0.15, 0.2) is 11.5 Å². The Bertz CT molecular complexity index is 430. The summed E-state index contributed by atoms with van der Waals surface area (Å²) in [6.07, 6.45) is 6.25. The number of hydrogen-bond donors (Lipinski definition) is 1. The maximum atomic E-state index is 12.1. The van der Waals surface area contributed by atoms with Gasteiger partial charge in [0.15, 0.2) is 5.16 Å². The molecule has 0 saturated heterocycles. The Hall–Kier alpha value is -1.04. The Morgan fingerprint density at radius 3 is 2.95 bits per heavy atom. The molecule has 1 aliphatic rings. The van der Waals surface area contributed by atoms with Crippen molar-refractivity contribution in [3.63, 3.8) is 0 Å². The number of aromatic nitrogens is 3. The van der Waals surface area contributed by atoms with E-state index in [0.717, 1.165) is 18.0 Å². The molecule has 0 aromatic carbocycles. The van der Waals surface area contributed by atoms with E-state index in [9.17, 15) is 4.79 Å². The van der Waals surface area contributed by atoms with Crippen LogP contribution in [0.2, 0.25) is 0 Å². The SMILES string of the molecule is CCCC(C)NC(=O)C(C)Sc1nncn1C1CC1. The summed E-state index contributed by atoms with van der Waals surface area (Å²) in [6.45, 7) is 6.09. The molecule has 5 nitrogen and oxygen atoms in total. The fourth-order valence-electron chi connectivity index (χ4n) is 2.00. The van der Waals surface area contributed by atoms with E-state index in [-0.39, 0.29) is 17.2 Å². The summed E-state index contributed by atoms with van der Waals surface area (Å²) in [5, 5.41) is 11.8. The number of nitrogens with one attached hydrogen (secondary N) is 1. The highest BCUT2D eigenvalue weighted by atomic mass is 32.2. The summed E-state index contributed by atoms with van der Waals surface area (Å²) in [5.74, 6) is 0.0799. The van der Waals surface area contributed by atoms with E-state index in [1.807, 2.05) is 13.8 Å². The van der Waals surface area contributed by atoms with E-state index in [0.29, 0.717) is 6.04 Å². The van der Waals surface area contributed by atoms with Gasteiger partial charge in [0, 0.05) is 12.1 Å². The Labute approximate surface area is 118 Å². The zero-order valence-corrected chi connectivity index (χ0v) is 12.6. The molecule has 0 aliphatic heterocycles. The van der Waals surface area contributed by atoms with Crippen LogP contribution in [0.1, 0.15) is 52.5 Å². The molecule has 2 rings (SSSR count). The molecule has 2 unspecified atom stereocenters. The van der Waals surface area contributed by atoms with E-state index in [2.05, 4.69) is 27.0 Å². The molecule has 1 saturated carbocycles. The van der Waals surface area contributed by atoms with Crippen molar-refractivity contribution in [2.24, 2.45) is 0 Å². The summed E-state index contributed by atoms with van der Waals surface area (Å²) >= 11 is 1.49. The lowest BCUT2D eigenvalue weighted by atomic mass is 10.2. The average Bonchev–Trinajstić information content (AvgIpc) is 3.10. The molecule has 2 atom stereocenters. The lowest BCUT2D eigenvalue weighted by Gasteiger charge is -2.16. The van der Waals surface area contributed by atoms with Gasteiger partial charge in [-0.3, -0.25) is 4.79 Å². The van der Waals surface area contributed by atoms with Crippen LogP contribution in [0.5, 0.6) is 0 Å². The van der Waals surface area contributed by atoms with Crippen LogP contribution in [0.3, 0.4) is 0 Å². The Kier molecular flexibility index (Phi) is 4.85. The van der Waals surface area contributed by atoms with Gasteiger partial charge < -0.3 is 9.88 Å². The van der Waals surface area contributed by atoms with Gasteiger partial charge in [0.25, 0.3) is 0 Å². The molecule has 1 aromatic rings. The fourth-order valence-corrected chi connectivity index (χ4v) is 2.90. The highest BCUT2D eigenvalue weighted by Gasteiger charge is 2.28. The number of amides is 1. The van der Waals surface area contributed by atoms with Crippen LogP contribution in [-0.4, -0.2) is 32.0 Å². The zero-order valence-electron chi connectivity index (χ0n) is 11.8. The normalized spacial score (nSPS) is 18.1. The number of rotatable bonds is 7. The monoisotopic (exact) mass is 282 g/mol. The summed E-state index contributed by atoms with van der Waals surface area (Å²) in [5.41, 5.74) is 0. The van der Waals surface area contributed by atoms with Crippen LogP contribution in [0, 0.1) is 0 Å². The van der Waals surface area contributed by atoms with Gasteiger partial charge in [0.1, 0.15) is 6.33 Å². The number of carbonyl (C=O) groups excluding carboxylic acids is 1. The minimum absolute atomic E-state index is 0.0799. The topological polar surface area (TPSA) is 59.8 Å². The van der Waals surface area contributed by atoms with Crippen molar-refractivity contribution in [1.29, 1.82) is 0 Å². The molecule has 0 radical (unpaired) electrons. The highest BCUT2D eigenvalue weighted by Crippen LogP contribution is 2.37. The van der Waals surface area contributed by atoms with Gasteiger partial charge in [-0.05, 0) is 33.1 Å². The number of nitrogens with zero attached hydrogens (tertiary/aromatic N) is 3. The molecule has 1 aliphatic carbocycles. The van der Waals surface area contributed by atoms with Crippen molar-refractivity contribution in [3.05, 3.63) is 6.33 Å². The minimum atomic E-state index is -0.138. The lowest BCUT2D eigenvalue weighted by molar-refractivity contribution is -0.120. The second-order valence-corrected chi connectivity index (χ2v) is 6.52. The lowest BCUT2D eigenvalue weighted by Crippen LogP contribution is -2.37. The Morgan fingerprint density at radius 2 is 2.32 bits per heavy atom. The first kappa shape index (κ1) is 14.4. The number of thioether (sulfide) groups is 1. The van der Waals surface area contributed by atoms with Crippen molar-refractivity contribution < 1.29 is 4.79 Å². The predicted molar refractivity (Wildman–Crippen MR) is 76.1 cm³/mol. The third-order valence-electron chi connectivity index (χ3n) is 3.24. The van der Waals surface area contributed by atoms with E-state index in [1.54, 1.807) is 6.33 Å². The summed E-state index contributed by atoms with van der Waals surface area (Å²) in [4.78, 5) is 12.1. The van der Waals surface area contributed by atoms with Crippen LogP contribution < -0.4 is 5.32 Å². The van der Waals surface area contributed by atoms with Crippen molar-refractivity contribution >= 4 is 17.7 Å². The van der Waals surface area contributed by atoms with Crippen molar-refractivity contribution in [2.75, 3.05) is 0 Å². The van der Waals surface area contributed by atoms with E-state index < -0.39 is 0 Å². The molecule has 0 spiro atoms. The fraction of sp³-hybridized carbons (Fsp3) is 0.769. The maximum absolute atomic E-state index is 12.1. The first-order valence-corrected chi connectivity index (χ1v) is 7.86. The molecule has 19 heavy (non-hydrogen) atoms. The molecular weight excluding hydrogens is 260 g/mol. The van der Waals surface area contributed by atoms with Crippen molar-refractivity contribution in [3.8, 4) is 0 Å². The summed E-state index contributed by atoms with van der Waals surface area (Å²) < 4.78 is 2.09. The van der Waals surface area contributed by atoms with E-state index in [4.69, 9.17) is 0 Å². The largest absolute Gasteiger partial charge is 0.353 e. The zero-order chi connectivity index (χ0) is 13.8. The highest BCUT2D eigenvalue weighted by molar-refractivity contribution is 8.00. The maximum Gasteiger partial charge on any atom is 0.233 e. The standard InChI is InChI=1S/C13H22N4OS/c1-4-5-9(2)15-12(18)10(3)19-13-16-14-8-17(13)11-6-7-11/h8-11H,4-7H2,1-3H3,(H,15,18). The molecule has 1 N–H and O–H groups in total. The van der Waals surface area contributed by atoms with Gasteiger partial charge in [-0.1, -0.05) is 25.1 Å². The average molecular weight is 282 g/mol. The Balaban J connectivity index is 1.87. The van der Waals surface area contributed by atoms with Gasteiger partial charge in [-0.2, -0.15) is 0 Å². The first-order chi connectivity index (χ1) is 9.11. The molecule has 6 heteroatoms. The van der Waals surface area contributed by atoms with Gasteiger partial charge in [0.2, 0.25) is 5.91 Å². The van der Waals surface area contributed by atoms with Crippen molar-refractivity contribution in [2.45, 2.75) is 68.9 Å². The second-order valence-electron chi connectivity index (χ2n) is 5.21. The third kappa shape index (κ3) is 3.96. The number of carbonyl (C=O) groups is 1. The van der Waals surface area contributed by atoms with Gasteiger partial charge in [-0.15, -0.1) is 10.2 Å². The Morgan fingerprint density at radius 1 is 1.58 bits per heavy atom. The van der Waals surface area contributed by atoms with Crippen LogP contribution in [0.25, 0.3) is 0 Å². The van der Waals surface area contributed by atoms with Gasteiger partial charge >= 0.3 is 0 Å². The van der Waals surface area contributed by atoms with Gasteiger partial charge in [0.05, 0.1) is 5.25 Å². The molecule has 1 fully saturated rings. The predicted octanol–water partition coefficient (Wildman–Crippen LogP) is 2.40. The van der Waals surface area contributed by atoms with E-state index >= 15 is 0 Å². The molecule has 0 bridgehead atoms. The molecular formula is C13H22N4OS. The van der Waals surface area contributed by atoms with Crippen molar-refractivity contribution in [1.82, 2.24) is 20.1 Å². The quantitative estimate of drug-likeness (QED) is 0.780. The third-order valence-corrected chi connectivity index (χ3v) is 4.31. The van der Waals surface area contributed by atoms with E-state index in [1.165, 1.54) is 24.6 Å². The smallest absolute Gasteiger partial charge is 0.233 e. The van der Waals surface area contributed by atoms with Crippen LogP contribution >= 0.6 is 11.8 Å². The molecule has 1 heterocycles. The number of hydrogen-bond acceptors (Lipinski definition) is 4. The first-order valence-electron chi connectivity index (χ1n) is 6.98. The second kappa shape index (κ2) is 6.41. The van der Waals surface area contributed by atoms with Crippen LogP contribution in [0.4, 0.5) is 0 Å².